The molecule has 108 valence electrons. The van der Waals surface area contributed by atoms with Crippen LogP contribution in [0.25, 0.3) is 0 Å². The first kappa shape index (κ1) is 13.4. The number of ether oxygens (including phenoxy) is 1. The zero-order chi connectivity index (χ0) is 13.4. The molecule has 4 unspecified atom stereocenters. The van der Waals surface area contributed by atoms with Crippen molar-refractivity contribution in [2.24, 2.45) is 11.8 Å². The molecule has 0 aromatic heterocycles. The van der Waals surface area contributed by atoms with Crippen LogP contribution in [-0.2, 0) is 9.53 Å². The molecule has 4 nitrogen and oxygen atoms in total. The van der Waals surface area contributed by atoms with E-state index in [-0.39, 0.29) is 6.04 Å². The average molecular weight is 267 g/mol. The van der Waals surface area contributed by atoms with E-state index in [9.17, 15) is 9.90 Å². The van der Waals surface area contributed by atoms with Crippen LogP contribution in [0.1, 0.15) is 44.9 Å². The molecule has 0 aromatic carbocycles. The van der Waals surface area contributed by atoms with Gasteiger partial charge >= 0.3 is 5.97 Å². The van der Waals surface area contributed by atoms with Gasteiger partial charge in [0.1, 0.15) is 6.04 Å². The lowest BCUT2D eigenvalue weighted by Gasteiger charge is -2.38. The third kappa shape index (κ3) is 2.52. The van der Waals surface area contributed by atoms with Gasteiger partial charge in [-0.25, -0.2) is 0 Å². The summed E-state index contributed by atoms with van der Waals surface area (Å²) in [6.07, 6.45) is 8.28. The van der Waals surface area contributed by atoms with E-state index in [1.165, 1.54) is 38.5 Å². The van der Waals surface area contributed by atoms with Gasteiger partial charge in [0.2, 0.25) is 0 Å². The molecule has 3 aliphatic rings. The molecule has 4 heteroatoms. The molecule has 1 heterocycles. The minimum atomic E-state index is -0.629. The van der Waals surface area contributed by atoms with E-state index < -0.39 is 5.97 Å². The van der Waals surface area contributed by atoms with Crippen LogP contribution in [0, 0.1) is 11.8 Å². The number of hydrogen-bond donors (Lipinski definition) is 1. The Morgan fingerprint density at radius 2 is 2.05 bits per heavy atom. The van der Waals surface area contributed by atoms with Crippen molar-refractivity contribution in [3.8, 4) is 0 Å². The molecule has 0 bridgehead atoms. The Bertz CT molecular complexity index is 342. The highest BCUT2D eigenvalue weighted by Gasteiger charge is 2.50. The van der Waals surface area contributed by atoms with E-state index in [0.29, 0.717) is 30.5 Å². The van der Waals surface area contributed by atoms with Gasteiger partial charge in [-0.3, -0.25) is 9.69 Å². The lowest BCUT2D eigenvalue weighted by molar-refractivity contribution is -0.144. The lowest BCUT2D eigenvalue weighted by Crippen LogP contribution is -2.51. The summed E-state index contributed by atoms with van der Waals surface area (Å²) in [5, 5.41) is 9.57. The van der Waals surface area contributed by atoms with Crippen LogP contribution >= 0.6 is 0 Å². The van der Waals surface area contributed by atoms with Crippen molar-refractivity contribution in [1.82, 2.24) is 4.90 Å². The topological polar surface area (TPSA) is 49.8 Å². The van der Waals surface area contributed by atoms with E-state index in [1.807, 2.05) is 0 Å². The van der Waals surface area contributed by atoms with Gasteiger partial charge in [0.15, 0.2) is 0 Å². The Morgan fingerprint density at radius 3 is 2.68 bits per heavy atom. The maximum atomic E-state index is 11.6. The van der Waals surface area contributed by atoms with Crippen molar-refractivity contribution in [2.75, 3.05) is 13.7 Å². The van der Waals surface area contributed by atoms with Crippen LogP contribution < -0.4 is 0 Å². The average Bonchev–Trinajstić information content (AvgIpc) is 3.16. The fourth-order valence-corrected chi connectivity index (χ4v) is 4.32. The van der Waals surface area contributed by atoms with Crippen molar-refractivity contribution in [1.29, 1.82) is 0 Å². The molecule has 0 amide bonds. The Morgan fingerprint density at radius 1 is 1.32 bits per heavy atom. The number of methoxy groups -OCH3 is 1. The second-order valence-electron chi connectivity index (χ2n) is 6.51. The van der Waals surface area contributed by atoms with Crippen LogP contribution in [0.4, 0.5) is 0 Å². The van der Waals surface area contributed by atoms with E-state index >= 15 is 0 Å². The van der Waals surface area contributed by atoms with Gasteiger partial charge in [-0.05, 0) is 43.9 Å². The number of aliphatic carboxylic acids is 1. The monoisotopic (exact) mass is 267 g/mol. The van der Waals surface area contributed by atoms with Crippen molar-refractivity contribution >= 4 is 5.97 Å². The maximum absolute atomic E-state index is 11.6. The highest BCUT2D eigenvalue weighted by atomic mass is 16.5. The lowest BCUT2D eigenvalue weighted by atomic mass is 9.84. The standard InChI is InChI=1S/C15H25NO3/c1-19-9-14(10-6-7-10)16-12-5-3-2-4-11(12)8-13(16)15(17)18/h10-14H,2-9H2,1H3,(H,17,18). The van der Waals surface area contributed by atoms with Gasteiger partial charge in [-0.15, -0.1) is 0 Å². The number of fused-ring (bicyclic) bond motifs is 1. The summed E-state index contributed by atoms with van der Waals surface area (Å²) in [6.45, 7) is 0.692. The fraction of sp³-hybridized carbons (Fsp3) is 0.933. The Labute approximate surface area is 115 Å². The minimum absolute atomic E-state index is 0.270. The normalized spacial score (nSPS) is 37.0. The second kappa shape index (κ2) is 5.41. The van der Waals surface area contributed by atoms with E-state index in [4.69, 9.17) is 4.74 Å². The summed E-state index contributed by atoms with van der Waals surface area (Å²) in [4.78, 5) is 14.0. The van der Waals surface area contributed by atoms with Gasteiger partial charge in [0, 0.05) is 19.2 Å². The number of likely N-dealkylation sites (tertiary alicyclic amines) is 1. The van der Waals surface area contributed by atoms with Crippen molar-refractivity contribution < 1.29 is 14.6 Å². The molecule has 0 aromatic rings. The third-order valence-electron chi connectivity index (χ3n) is 5.31. The first-order valence-electron chi connectivity index (χ1n) is 7.71. The zero-order valence-corrected chi connectivity index (χ0v) is 11.8. The summed E-state index contributed by atoms with van der Waals surface area (Å²) >= 11 is 0. The molecule has 1 N–H and O–H groups in total. The summed E-state index contributed by atoms with van der Waals surface area (Å²) in [6, 6.07) is 0.559. The van der Waals surface area contributed by atoms with Crippen molar-refractivity contribution in [3.63, 3.8) is 0 Å². The van der Waals surface area contributed by atoms with E-state index in [2.05, 4.69) is 4.90 Å². The van der Waals surface area contributed by atoms with E-state index in [0.717, 1.165) is 6.42 Å². The maximum Gasteiger partial charge on any atom is 0.320 e. The largest absolute Gasteiger partial charge is 0.480 e. The van der Waals surface area contributed by atoms with Gasteiger partial charge in [-0.1, -0.05) is 12.8 Å². The van der Waals surface area contributed by atoms with Crippen LogP contribution in [-0.4, -0.2) is 47.8 Å². The molecule has 1 aliphatic heterocycles. The molecule has 2 aliphatic carbocycles. The SMILES string of the molecule is COCC(C1CC1)N1C(C(=O)O)CC2CCCCC21. The molecule has 2 saturated carbocycles. The molecule has 0 radical (unpaired) electrons. The Hall–Kier alpha value is -0.610. The molecular formula is C15H25NO3. The first-order chi connectivity index (χ1) is 9.22. The fourth-order valence-electron chi connectivity index (χ4n) is 4.32. The van der Waals surface area contributed by atoms with Crippen LogP contribution in [0.2, 0.25) is 0 Å². The Kier molecular flexibility index (Phi) is 3.81. The van der Waals surface area contributed by atoms with Crippen molar-refractivity contribution in [3.05, 3.63) is 0 Å². The highest BCUT2D eigenvalue weighted by Crippen LogP contribution is 2.45. The number of rotatable bonds is 5. The number of carboxylic acid groups (broad SMARTS) is 1. The first-order valence-corrected chi connectivity index (χ1v) is 7.71. The van der Waals surface area contributed by atoms with E-state index in [1.54, 1.807) is 7.11 Å². The van der Waals surface area contributed by atoms with Gasteiger partial charge in [-0.2, -0.15) is 0 Å². The second-order valence-corrected chi connectivity index (χ2v) is 6.51. The molecule has 4 atom stereocenters. The molecule has 0 spiro atoms. The van der Waals surface area contributed by atoms with Crippen LogP contribution in [0.15, 0.2) is 0 Å². The zero-order valence-electron chi connectivity index (χ0n) is 11.8. The summed E-state index contributed by atoms with van der Waals surface area (Å²) < 4.78 is 5.39. The predicted molar refractivity (Wildman–Crippen MR) is 72.0 cm³/mol. The van der Waals surface area contributed by atoms with Crippen LogP contribution in [0.3, 0.4) is 0 Å². The third-order valence-corrected chi connectivity index (χ3v) is 5.31. The van der Waals surface area contributed by atoms with Crippen molar-refractivity contribution in [2.45, 2.75) is 63.1 Å². The number of carbonyl (C=O) groups is 1. The summed E-state index contributed by atoms with van der Waals surface area (Å²) in [5.41, 5.74) is 0. The highest BCUT2D eigenvalue weighted by molar-refractivity contribution is 5.74. The predicted octanol–water partition coefficient (Wildman–Crippen LogP) is 2.13. The smallest absolute Gasteiger partial charge is 0.320 e. The molecule has 3 rings (SSSR count). The van der Waals surface area contributed by atoms with Gasteiger partial charge in [0.05, 0.1) is 6.61 Å². The van der Waals surface area contributed by atoms with Gasteiger partial charge in [0.25, 0.3) is 0 Å². The summed E-state index contributed by atoms with van der Waals surface area (Å²) in [7, 11) is 1.74. The van der Waals surface area contributed by atoms with Gasteiger partial charge < -0.3 is 9.84 Å². The number of nitrogens with zero attached hydrogens (tertiary/aromatic N) is 1. The molecule has 19 heavy (non-hydrogen) atoms. The Balaban J connectivity index is 1.82. The minimum Gasteiger partial charge on any atom is -0.480 e. The summed E-state index contributed by atoms with van der Waals surface area (Å²) in [5.74, 6) is 0.645. The van der Waals surface area contributed by atoms with Crippen LogP contribution in [0.5, 0.6) is 0 Å². The molecule has 1 saturated heterocycles. The quantitative estimate of drug-likeness (QED) is 0.829. The number of carboxylic acids is 1. The molecular weight excluding hydrogens is 242 g/mol. The molecule has 3 fully saturated rings. The number of hydrogen-bond acceptors (Lipinski definition) is 3.